The van der Waals surface area contributed by atoms with Gasteiger partial charge in [-0.3, -0.25) is 4.79 Å². The number of benzene rings is 1. The fourth-order valence-corrected chi connectivity index (χ4v) is 2.82. The average molecular weight is 345 g/mol. The predicted octanol–water partition coefficient (Wildman–Crippen LogP) is 3.80. The van der Waals surface area contributed by atoms with E-state index < -0.39 is 0 Å². The zero-order valence-corrected chi connectivity index (χ0v) is 13.8. The summed E-state index contributed by atoms with van der Waals surface area (Å²) >= 11 is 11.9. The molecule has 0 bridgehead atoms. The standard InChI is InChI=1S/C15H18Cl2N2O3/c1-2-22-15(21)19-7-5-10(6-8-19)14(20)18-13-4-3-11(16)9-12(13)17/h3-4,9-10H,2,5-8H2,1H3,(H,18,20). The number of nitrogens with one attached hydrogen (secondary N) is 1. The lowest BCUT2D eigenvalue weighted by molar-refractivity contribution is -0.121. The first kappa shape index (κ1) is 16.9. The third kappa shape index (κ3) is 4.27. The fraction of sp³-hybridized carbons (Fsp3) is 0.467. The molecule has 1 aromatic carbocycles. The quantitative estimate of drug-likeness (QED) is 0.907. The first-order valence-electron chi connectivity index (χ1n) is 7.19. The number of likely N-dealkylation sites (tertiary alicyclic amines) is 1. The van der Waals surface area contributed by atoms with Crippen LogP contribution in [0.2, 0.25) is 10.0 Å². The molecule has 120 valence electrons. The van der Waals surface area contributed by atoms with E-state index >= 15 is 0 Å². The number of hydrogen-bond acceptors (Lipinski definition) is 3. The Kier molecular flexibility index (Phi) is 5.91. The number of hydrogen-bond donors (Lipinski definition) is 1. The second-order valence-corrected chi connectivity index (χ2v) is 5.92. The smallest absolute Gasteiger partial charge is 0.409 e. The first-order chi connectivity index (χ1) is 10.5. The highest BCUT2D eigenvalue weighted by Crippen LogP contribution is 2.27. The van der Waals surface area contributed by atoms with Crippen LogP contribution >= 0.6 is 23.2 Å². The number of amides is 2. The molecule has 1 aromatic rings. The van der Waals surface area contributed by atoms with Crippen LogP contribution in [0.15, 0.2) is 18.2 Å². The van der Waals surface area contributed by atoms with E-state index in [4.69, 9.17) is 27.9 Å². The molecule has 2 rings (SSSR count). The maximum atomic E-state index is 12.3. The second-order valence-electron chi connectivity index (χ2n) is 5.07. The molecule has 0 aliphatic carbocycles. The number of rotatable bonds is 3. The Hall–Kier alpha value is -1.46. The third-order valence-corrected chi connectivity index (χ3v) is 4.13. The second kappa shape index (κ2) is 7.70. The van der Waals surface area contributed by atoms with Gasteiger partial charge in [-0.2, -0.15) is 0 Å². The molecule has 0 saturated carbocycles. The molecule has 5 nitrogen and oxygen atoms in total. The van der Waals surface area contributed by atoms with Crippen molar-refractivity contribution in [1.82, 2.24) is 4.90 Å². The molecule has 0 unspecified atom stereocenters. The summed E-state index contributed by atoms with van der Waals surface area (Å²) in [5.41, 5.74) is 0.545. The third-order valence-electron chi connectivity index (χ3n) is 3.58. The van der Waals surface area contributed by atoms with Gasteiger partial charge in [0.1, 0.15) is 0 Å². The maximum absolute atomic E-state index is 12.3. The lowest BCUT2D eigenvalue weighted by atomic mass is 9.96. The van der Waals surface area contributed by atoms with Gasteiger partial charge >= 0.3 is 6.09 Å². The molecule has 0 spiro atoms. The minimum Gasteiger partial charge on any atom is -0.450 e. The largest absolute Gasteiger partial charge is 0.450 e. The number of piperidine rings is 1. The van der Waals surface area contributed by atoms with Crippen molar-refractivity contribution in [3.8, 4) is 0 Å². The molecule has 0 atom stereocenters. The first-order valence-corrected chi connectivity index (χ1v) is 7.94. The molecule has 1 N–H and O–H groups in total. The minimum atomic E-state index is -0.317. The van der Waals surface area contributed by atoms with Crippen LogP contribution < -0.4 is 5.32 Å². The van der Waals surface area contributed by atoms with Gasteiger partial charge in [-0.15, -0.1) is 0 Å². The van der Waals surface area contributed by atoms with E-state index in [1.807, 2.05) is 0 Å². The molecule has 1 heterocycles. The highest BCUT2D eigenvalue weighted by atomic mass is 35.5. The van der Waals surface area contributed by atoms with E-state index in [1.54, 1.807) is 30.0 Å². The van der Waals surface area contributed by atoms with E-state index in [1.165, 1.54) is 0 Å². The lowest BCUT2D eigenvalue weighted by Gasteiger charge is -2.30. The molecule has 2 amide bonds. The zero-order valence-electron chi connectivity index (χ0n) is 12.3. The van der Waals surface area contributed by atoms with Gasteiger partial charge in [0, 0.05) is 24.0 Å². The van der Waals surface area contributed by atoms with Crippen LogP contribution in [0, 0.1) is 5.92 Å². The Balaban J connectivity index is 1.88. The summed E-state index contributed by atoms with van der Waals surface area (Å²) in [5, 5.41) is 3.74. The van der Waals surface area contributed by atoms with Crippen LogP contribution in [0.4, 0.5) is 10.5 Å². The summed E-state index contributed by atoms with van der Waals surface area (Å²) in [6, 6.07) is 4.94. The predicted molar refractivity (Wildman–Crippen MR) is 86.4 cm³/mol. The summed E-state index contributed by atoms with van der Waals surface area (Å²) in [5.74, 6) is -0.231. The summed E-state index contributed by atoms with van der Waals surface area (Å²) in [4.78, 5) is 25.5. The van der Waals surface area contributed by atoms with Gasteiger partial charge in [-0.25, -0.2) is 4.79 Å². The highest BCUT2D eigenvalue weighted by molar-refractivity contribution is 6.36. The fourth-order valence-electron chi connectivity index (χ4n) is 2.36. The Morgan fingerprint density at radius 2 is 2.00 bits per heavy atom. The Bertz CT molecular complexity index is 558. The molecular weight excluding hydrogens is 327 g/mol. The van der Waals surface area contributed by atoms with Crippen molar-refractivity contribution in [2.75, 3.05) is 25.0 Å². The van der Waals surface area contributed by atoms with Gasteiger partial charge in [0.25, 0.3) is 0 Å². The number of ether oxygens (including phenoxy) is 1. The van der Waals surface area contributed by atoms with Crippen molar-refractivity contribution in [2.45, 2.75) is 19.8 Å². The van der Waals surface area contributed by atoms with Crippen molar-refractivity contribution in [2.24, 2.45) is 5.92 Å². The lowest BCUT2D eigenvalue weighted by Crippen LogP contribution is -2.41. The van der Waals surface area contributed by atoms with Crippen molar-refractivity contribution in [3.63, 3.8) is 0 Å². The molecule has 0 aromatic heterocycles. The van der Waals surface area contributed by atoms with Gasteiger partial charge in [0.05, 0.1) is 17.3 Å². The molecule has 1 aliphatic rings. The molecule has 1 fully saturated rings. The zero-order chi connectivity index (χ0) is 16.1. The van der Waals surface area contributed by atoms with Crippen molar-refractivity contribution in [1.29, 1.82) is 0 Å². The maximum Gasteiger partial charge on any atom is 0.409 e. The van der Waals surface area contributed by atoms with Gasteiger partial charge in [-0.1, -0.05) is 23.2 Å². The number of halogens is 2. The van der Waals surface area contributed by atoms with Crippen LogP contribution in [-0.2, 0) is 9.53 Å². The van der Waals surface area contributed by atoms with E-state index in [0.717, 1.165) is 0 Å². The van der Waals surface area contributed by atoms with Gasteiger partial charge in [0.15, 0.2) is 0 Å². The van der Waals surface area contributed by atoms with Crippen LogP contribution in [0.5, 0.6) is 0 Å². The van der Waals surface area contributed by atoms with Crippen LogP contribution in [0.1, 0.15) is 19.8 Å². The Morgan fingerprint density at radius 3 is 2.59 bits per heavy atom. The SMILES string of the molecule is CCOC(=O)N1CCC(C(=O)Nc2ccc(Cl)cc2Cl)CC1. The monoisotopic (exact) mass is 344 g/mol. The number of carbonyl (C=O) groups is 2. The average Bonchev–Trinajstić information content (AvgIpc) is 2.50. The number of nitrogens with zero attached hydrogens (tertiary/aromatic N) is 1. The summed E-state index contributed by atoms with van der Waals surface area (Å²) in [6.07, 6.45) is 0.897. The van der Waals surface area contributed by atoms with Gasteiger partial charge in [-0.05, 0) is 38.0 Å². The van der Waals surface area contributed by atoms with Crippen molar-refractivity contribution in [3.05, 3.63) is 28.2 Å². The van der Waals surface area contributed by atoms with Gasteiger partial charge in [0.2, 0.25) is 5.91 Å². The highest BCUT2D eigenvalue weighted by Gasteiger charge is 2.28. The van der Waals surface area contributed by atoms with Crippen LogP contribution in [-0.4, -0.2) is 36.6 Å². The molecule has 0 radical (unpaired) electrons. The van der Waals surface area contributed by atoms with Gasteiger partial charge < -0.3 is 15.0 Å². The topological polar surface area (TPSA) is 58.6 Å². The number of carbonyl (C=O) groups excluding carboxylic acids is 2. The van der Waals surface area contributed by atoms with Crippen LogP contribution in [0.3, 0.4) is 0 Å². The van der Waals surface area contributed by atoms with E-state index in [-0.39, 0.29) is 17.9 Å². The molecule has 1 saturated heterocycles. The molecule has 7 heteroatoms. The molecule has 1 aliphatic heterocycles. The Morgan fingerprint density at radius 1 is 1.32 bits per heavy atom. The van der Waals surface area contributed by atoms with Crippen LogP contribution in [0.25, 0.3) is 0 Å². The van der Waals surface area contributed by atoms with E-state index in [0.29, 0.717) is 48.3 Å². The summed E-state index contributed by atoms with van der Waals surface area (Å²) in [6.45, 7) is 3.17. The minimum absolute atomic E-state index is 0.0901. The molecule has 22 heavy (non-hydrogen) atoms. The summed E-state index contributed by atoms with van der Waals surface area (Å²) in [7, 11) is 0. The molecular formula is C15H18Cl2N2O3. The van der Waals surface area contributed by atoms with E-state index in [9.17, 15) is 9.59 Å². The van der Waals surface area contributed by atoms with E-state index in [2.05, 4.69) is 5.32 Å². The normalized spacial score (nSPS) is 15.5. The Labute approximate surface area is 139 Å². The summed E-state index contributed by atoms with van der Waals surface area (Å²) < 4.78 is 4.96. The van der Waals surface area contributed by atoms with Crippen molar-refractivity contribution >= 4 is 40.9 Å². The number of anilines is 1. The van der Waals surface area contributed by atoms with Crippen molar-refractivity contribution < 1.29 is 14.3 Å².